The van der Waals surface area contributed by atoms with Crippen LogP contribution < -0.4 is 11.1 Å². The van der Waals surface area contributed by atoms with Crippen molar-refractivity contribution in [2.24, 2.45) is 0 Å². The van der Waals surface area contributed by atoms with Gasteiger partial charge in [-0.15, -0.1) is 0 Å². The van der Waals surface area contributed by atoms with Crippen LogP contribution >= 0.6 is 0 Å². The molecular weight excluding hydrogens is 350 g/mol. The summed E-state index contributed by atoms with van der Waals surface area (Å²) in [4.78, 5) is 12.5. The second-order valence-corrected chi connectivity index (χ2v) is 7.45. The molecule has 3 aromatic heterocycles. The van der Waals surface area contributed by atoms with Gasteiger partial charge in [0, 0.05) is 23.5 Å². The predicted molar refractivity (Wildman–Crippen MR) is 111 cm³/mol. The fourth-order valence-electron chi connectivity index (χ4n) is 3.82. The van der Waals surface area contributed by atoms with E-state index in [2.05, 4.69) is 50.3 Å². The standard InChI is InChI=1S/C21H23N7/c1-13-2-3-18-19(8-13)27-21(26-18)17-9-14(10-24-20(17)22)15-11-25-28(12-15)16-4-6-23-7-5-16/h2-3,8-12,16,23H,4-7H2,1H3,(H2,22,24)(H,26,27). The van der Waals surface area contributed by atoms with E-state index in [4.69, 9.17) is 10.7 Å². The first-order valence-corrected chi connectivity index (χ1v) is 9.65. The van der Waals surface area contributed by atoms with Gasteiger partial charge in [-0.3, -0.25) is 4.68 Å². The van der Waals surface area contributed by atoms with E-state index >= 15 is 0 Å². The number of rotatable bonds is 3. The Labute approximate surface area is 163 Å². The molecule has 0 spiro atoms. The molecule has 7 heteroatoms. The summed E-state index contributed by atoms with van der Waals surface area (Å²) < 4.78 is 2.08. The van der Waals surface area contributed by atoms with Crippen molar-refractivity contribution in [3.8, 4) is 22.5 Å². The molecule has 0 aliphatic carbocycles. The largest absolute Gasteiger partial charge is 0.383 e. The van der Waals surface area contributed by atoms with Gasteiger partial charge in [0.15, 0.2) is 0 Å². The molecule has 1 aliphatic heterocycles. The number of hydrogen-bond donors (Lipinski definition) is 3. The van der Waals surface area contributed by atoms with Crippen LogP contribution in [0.15, 0.2) is 42.9 Å². The van der Waals surface area contributed by atoms with E-state index in [1.165, 1.54) is 5.56 Å². The van der Waals surface area contributed by atoms with Crippen molar-refractivity contribution in [2.75, 3.05) is 18.8 Å². The lowest BCUT2D eigenvalue weighted by Crippen LogP contribution is -2.29. The third kappa shape index (κ3) is 3.03. The number of hydrogen-bond acceptors (Lipinski definition) is 5. The van der Waals surface area contributed by atoms with E-state index < -0.39 is 0 Å². The van der Waals surface area contributed by atoms with Crippen LogP contribution in [0.1, 0.15) is 24.4 Å². The molecule has 0 bridgehead atoms. The number of imidazole rings is 1. The molecule has 0 amide bonds. The number of piperidine rings is 1. The van der Waals surface area contributed by atoms with Gasteiger partial charge >= 0.3 is 0 Å². The Hall–Kier alpha value is -3.19. The van der Waals surface area contributed by atoms with Crippen LogP contribution in [0.2, 0.25) is 0 Å². The highest BCUT2D eigenvalue weighted by Crippen LogP contribution is 2.30. The second kappa shape index (κ2) is 6.76. The van der Waals surface area contributed by atoms with Crippen molar-refractivity contribution >= 4 is 16.9 Å². The van der Waals surface area contributed by atoms with E-state index in [0.717, 1.165) is 59.5 Å². The van der Waals surface area contributed by atoms with Crippen LogP contribution in [0.25, 0.3) is 33.5 Å². The molecule has 1 saturated heterocycles. The van der Waals surface area contributed by atoms with Gasteiger partial charge in [0.25, 0.3) is 0 Å². The molecule has 1 aromatic carbocycles. The smallest absolute Gasteiger partial charge is 0.142 e. The lowest BCUT2D eigenvalue weighted by molar-refractivity contribution is 0.343. The first-order chi connectivity index (χ1) is 13.7. The SMILES string of the molecule is Cc1ccc2[nH]c(-c3cc(-c4cnn(C5CCNCC5)c4)cnc3N)nc2c1. The molecule has 0 saturated carbocycles. The lowest BCUT2D eigenvalue weighted by atomic mass is 10.1. The average molecular weight is 373 g/mol. The summed E-state index contributed by atoms with van der Waals surface area (Å²) in [6.07, 6.45) is 8.01. The predicted octanol–water partition coefficient (Wildman–Crippen LogP) is 3.30. The van der Waals surface area contributed by atoms with Gasteiger partial charge in [-0.25, -0.2) is 9.97 Å². The van der Waals surface area contributed by atoms with Gasteiger partial charge in [-0.2, -0.15) is 5.10 Å². The van der Waals surface area contributed by atoms with Crippen LogP contribution in [-0.2, 0) is 0 Å². The van der Waals surface area contributed by atoms with Gasteiger partial charge in [0.05, 0.1) is 28.8 Å². The number of nitrogens with one attached hydrogen (secondary N) is 2. The first-order valence-electron chi connectivity index (χ1n) is 9.65. The van der Waals surface area contributed by atoms with Gasteiger partial charge in [0.2, 0.25) is 0 Å². The molecule has 1 fully saturated rings. The highest BCUT2D eigenvalue weighted by atomic mass is 15.3. The molecule has 7 nitrogen and oxygen atoms in total. The van der Waals surface area contributed by atoms with Crippen molar-refractivity contribution in [1.29, 1.82) is 0 Å². The van der Waals surface area contributed by atoms with Gasteiger partial charge in [0.1, 0.15) is 11.6 Å². The average Bonchev–Trinajstić information content (AvgIpc) is 3.36. The Kier molecular flexibility index (Phi) is 4.09. The number of nitrogens with zero attached hydrogens (tertiary/aromatic N) is 4. The molecule has 5 rings (SSSR count). The fraction of sp³-hybridized carbons (Fsp3) is 0.286. The van der Waals surface area contributed by atoms with Crippen molar-refractivity contribution < 1.29 is 0 Å². The summed E-state index contributed by atoms with van der Waals surface area (Å²) >= 11 is 0. The zero-order chi connectivity index (χ0) is 19.1. The number of benzene rings is 1. The summed E-state index contributed by atoms with van der Waals surface area (Å²) in [5, 5.41) is 7.99. The number of aryl methyl sites for hydroxylation is 1. The Balaban J connectivity index is 1.51. The summed E-state index contributed by atoms with van der Waals surface area (Å²) in [6.45, 7) is 4.14. The lowest BCUT2D eigenvalue weighted by Gasteiger charge is -2.22. The van der Waals surface area contributed by atoms with Gasteiger partial charge in [-0.1, -0.05) is 6.07 Å². The maximum atomic E-state index is 6.17. The van der Waals surface area contributed by atoms with Crippen LogP contribution in [0.5, 0.6) is 0 Å². The van der Waals surface area contributed by atoms with E-state index in [9.17, 15) is 0 Å². The Morgan fingerprint density at radius 3 is 2.82 bits per heavy atom. The number of fused-ring (bicyclic) bond motifs is 1. The molecule has 0 unspecified atom stereocenters. The zero-order valence-corrected chi connectivity index (χ0v) is 15.8. The van der Waals surface area contributed by atoms with E-state index in [-0.39, 0.29) is 0 Å². The second-order valence-electron chi connectivity index (χ2n) is 7.45. The van der Waals surface area contributed by atoms with E-state index in [0.29, 0.717) is 11.9 Å². The topological polar surface area (TPSA) is 97.4 Å². The van der Waals surface area contributed by atoms with Crippen molar-refractivity contribution in [2.45, 2.75) is 25.8 Å². The fourth-order valence-corrected chi connectivity index (χ4v) is 3.82. The molecule has 4 aromatic rings. The molecule has 4 N–H and O–H groups in total. The number of pyridine rings is 1. The third-order valence-electron chi connectivity index (χ3n) is 5.43. The Morgan fingerprint density at radius 2 is 1.96 bits per heavy atom. The number of nitrogens with two attached hydrogens (primary N) is 1. The van der Waals surface area contributed by atoms with Crippen LogP contribution in [0.4, 0.5) is 5.82 Å². The monoisotopic (exact) mass is 373 g/mol. The van der Waals surface area contributed by atoms with E-state index in [1.54, 1.807) is 6.20 Å². The quantitative estimate of drug-likeness (QED) is 0.512. The van der Waals surface area contributed by atoms with Crippen LogP contribution in [-0.4, -0.2) is 37.8 Å². The minimum atomic E-state index is 0.454. The van der Waals surface area contributed by atoms with Gasteiger partial charge in [-0.05, 0) is 56.6 Å². The van der Waals surface area contributed by atoms with E-state index in [1.807, 2.05) is 18.3 Å². The first kappa shape index (κ1) is 16.9. The molecule has 1 aliphatic rings. The summed E-state index contributed by atoms with van der Waals surface area (Å²) in [6, 6.07) is 8.66. The van der Waals surface area contributed by atoms with Gasteiger partial charge < -0.3 is 16.0 Å². The molecular formula is C21H23N7. The number of nitrogen functional groups attached to an aromatic ring is 1. The molecule has 142 valence electrons. The normalized spacial score (nSPS) is 15.3. The Morgan fingerprint density at radius 1 is 1.11 bits per heavy atom. The number of anilines is 1. The number of aromatic nitrogens is 5. The summed E-state index contributed by atoms with van der Waals surface area (Å²) in [5.41, 5.74) is 12.1. The van der Waals surface area contributed by atoms with Crippen LogP contribution in [0, 0.1) is 6.92 Å². The number of aromatic amines is 1. The molecule has 28 heavy (non-hydrogen) atoms. The maximum absolute atomic E-state index is 6.17. The third-order valence-corrected chi connectivity index (χ3v) is 5.43. The zero-order valence-electron chi connectivity index (χ0n) is 15.8. The Bertz CT molecular complexity index is 1130. The van der Waals surface area contributed by atoms with Crippen molar-refractivity contribution in [3.63, 3.8) is 0 Å². The molecule has 4 heterocycles. The van der Waals surface area contributed by atoms with Crippen LogP contribution in [0.3, 0.4) is 0 Å². The highest BCUT2D eigenvalue weighted by molar-refractivity contribution is 5.83. The maximum Gasteiger partial charge on any atom is 0.142 e. The summed E-state index contributed by atoms with van der Waals surface area (Å²) in [5.74, 6) is 1.20. The van der Waals surface area contributed by atoms with Crippen molar-refractivity contribution in [3.05, 3.63) is 48.4 Å². The highest BCUT2D eigenvalue weighted by Gasteiger charge is 2.17. The molecule has 0 radical (unpaired) electrons. The molecule has 0 atom stereocenters. The minimum Gasteiger partial charge on any atom is -0.383 e. The minimum absolute atomic E-state index is 0.454. The van der Waals surface area contributed by atoms with Crippen molar-refractivity contribution in [1.82, 2.24) is 30.0 Å². The summed E-state index contributed by atoms with van der Waals surface area (Å²) in [7, 11) is 0. The number of H-pyrrole nitrogens is 1.